The molecule has 0 N–H and O–H groups in total. The number of nitrogens with zero attached hydrogens (tertiary/aromatic N) is 2. The van der Waals surface area contributed by atoms with Gasteiger partial charge < -0.3 is 9.64 Å². The van der Waals surface area contributed by atoms with Gasteiger partial charge in [0.25, 0.3) is 5.91 Å². The second-order valence-corrected chi connectivity index (χ2v) is 5.45. The largest absolute Gasteiger partial charge is 0.379 e. The summed E-state index contributed by atoms with van der Waals surface area (Å²) >= 11 is 3.28. The van der Waals surface area contributed by atoms with Crippen molar-refractivity contribution >= 4 is 21.8 Å². The third kappa shape index (κ3) is 2.90. The zero-order valence-electron chi connectivity index (χ0n) is 10.6. The Morgan fingerprint density at radius 2 is 2.33 bits per heavy atom. The number of amides is 1. The average Bonchev–Trinajstić information content (AvgIpc) is 2.38. The van der Waals surface area contributed by atoms with Gasteiger partial charge in [0.05, 0.1) is 6.10 Å². The first-order chi connectivity index (χ1) is 8.61. The standard InChI is InChI=1S/C13H17BrN2O2/c1-9-6-7-16(8-11(9)18-2)13(17)10-4-3-5-12(14)15-10/h3-5,9,11H,6-8H2,1-2H3. The molecule has 1 aromatic rings. The first-order valence-corrected chi connectivity index (χ1v) is 6.85. The number of rotatable bonds is 2. The maximum absolute atomic E-state index is 12.3. The van der Waals surface area contributed by atoms with Crippen LogP contribution in [-0.4, -0.2) is 42.1 Å². The summed E-state index contributed by atoms with van der Waals surface area (Å²) in [4.78, 5) is 18.3. The van der Waals surface area contributed by atoms with Crippen molar-refractivity contribution in [3.63, 3.8) is 0 Å². The Kier molecular flexibility index (Phi) is 4.35. The molecule has 0 saturated carbocycles. The molecule has 5 heteroatoms. The van der Waals surface area contributed by atoms with Crippen LogP contribution in [0, 0.1) is 5.92 Å². The van der Waals surface area contributed by atoms with E-state index < -0.39 is 0 Å². The molecule has 98 valence electrons. The zero-order valence-corrected chi connectivity index (χ0v) is 12.2. The molecular formula is C13H17BrN2O2. The van der Waals surface area contributed by atoms with Crippen molar-refractivity contribution in [2.45, 2.75) is 19.4 Å². The molecule has 1 aromatic heterocycles. The molecule has 2 unspecified atom stereocenters. The molecule has 0 radical (unpaired) electrons. The molecule has 1 aliphatic heterocycles. The number of halogens is 1. The smallest absolute Gasteiger partial charge is 0.272 e. The van der Waals surface area contributed by atoms with Crippen molar-refractivity contribution in [2.24, 2.45) is 5.92 Å². The number of pyridine rings is 1. The third-order valence-electron chi connectivity index (χ3n) is 3.41. The van der Waals surface area contributed by atoms with Gasteiger partial charge in [-0.3, -0.25) is 4.79 Å². The highest BCUT2D eigenvalue weighted by atomic mass is 79.9. The number of methoxy groups -OCH3 is 1. The molecule has 4 nitrogen and oxygen atoms in total. The van der Waals surface area contributed by atoms with Crippen LogP contribution >= 0.6 is 15.9 Å². The Hall–Kier alpha value is -0.940. The number of aromatic nitrogens is 1. The molecule has 0 aliphatic carbocycles. The molecule has 0 spiro atoms. The second-order valence-electron chi connectivity index (χ2n) is 4.64. The van der Waals surface area contributed by atoms with E-state index in [4.69, 9.17) is 4.74 Å². The van der Waals surface area contributed by atoms with Gasteiger partial charge in [0.2, 0.25) is 0 Å². The lowest BCUT2D eigenvalue weighted by molar-refractivity contribution is -0.00177. The number of hydrogen-bond donors (Lipinski definition) is 0. The molecule has 1 saturated heterocycles. The van der Waals surface area contributed by atoms with Gasteiger partial charge in [-0.05, 0) is 40.4 Å². The molecule has 1 amide bonds. The lowest BCUT2D eigenvalue weighted by Crippen LogP contribution is -2.46. The van der Waals surface area contributed by atoms with Crippen molar-refractivity contribution in [3.05, 3.63) is 28.5 Å². The van der Waals surface area contributed by atoms with E-state index in [-0.39, 0.29) is 12.0 Å². The summed E-state index contributed by atoms with van der Waals surface area (Å²) in [6, 6.07) is 5.38. The minimum atomic E-state index is -0.0229. The molecule has 0 aromatic carbocycles. The van der Waals surface area contributed by atoms with E-state index in [1.54, 1.807) is 13.2 Å². The highest BCUT2D eigenvalue weighted by molar-refractivity contribution is 9.10. The van der Waals surface area contributed by atoms with Gasteiger partial charge in [-0.1, -0.05) is 13.0 Å². The monoisotopic (exact) mass is 312 g/mol. The number of piperidine rings is 1. The van der Waals surface area contributed by atoms with Crippen LogP contribution in [0.4, 0.5) is 0 Å². The minimum absolute atomic E-state index is 0.0229. The number of carbonyl (C=O) groups is 1. The summed E-state index contributed by atoms with van der Waals surface area (Å²) in [6.45, 7) is 3.58. The fourth-order valence-corrected chi connectivity index (χ4v) is 2.56. The van der Waals surface area contributed by atoms with Crippen molar-refractivity contribution in [2.75, 3.05) is 20.2 Å². The van der Waals surface area contributed by atoms with Crippen LogP contribution in [0.1, 0.15) is 23.8 Å². The predicted molar refractivity (Wildman–Crippen MR) is 72.4 cm³/mol. The molecule has 0 bridgehead atoms. The van der Waals surface area contributed by atoms with Crippen LogP contribution in [0.25, 0.3) is 0 Å². The lowest BCUT2D eigenvalue weighted by atomic mass is 9.95. The van der Waals surface area contributed by atoms with E-state index in [0.29, 0.717) is 22.8 Å². The summed E-state index contributed by atoms with van der Waals surface area (Å²) in [5.41, 5.74) is 0.480. The summed E-state index contributed by atoms with van der Waals surface area (Å²) in [6.07, 6.45) is 1.09. The number of likely N-dealkylation sites (tertiary alicyclic amines) is 1. The van der Waals surface area contributed by atoms with Crippen molar-refractivity contribution < 1.29 is 9.53 Å². The predicted octanol–water partition coefficient (Wildman–Crippen LogP) is 2.34. The zero-order chi connectivity index (χ0) is 13.1. The molecule has 2 rings (SSSR count). The van der Waals surface area contributed by atoms with Crippen LogP contribution in [-0.2, 0) is 4.74 Å². The maximum Gasteiger partial charge on any atom is 0.272 e. The molecule has 2 heterocycles. The van der Waals surface area contributed by atoms with E-state index in [0.717, 1.165) is 13.0 Å². The SMILES string of the molecule is COC1CN(C(=O)c2cccc(Br)n2)CCC1C. The Bertz CT molecular complexity index is 439. The number of carbonyl (C=O) groups excluding carboxylic acids is 1. The summed E-state index contributed by atoms with van der Waals surface area (Å²) in [5.74, 6) is 0.472. The summed E-state index contributed by atoms with van der Waals surface area (Å²) in [7, 11) is 1.70. The Morgan fingerprint density at radius 3 is 3.00 bits per heavy atom. The average molecular weight is 313 g/mol. The minimum Gasteiger partial charge on any atom is -0.379 e. The highest BCUT2D eigenvalue weighted by Gasteiger charge is 2.29. The molecule has 1 aliphatic rings. The van der Waals surface area contributed by atoms with Gasteiger partial charge in [-0.2, -0.15) is 0 Å². The van der Waals surface area contributed by atoms with Gasteiger partial charge in [-0.25, -0.2) is 4.98 Å². The fraction of sp³-hybridized carbons (Fsp3) is 0.538. The van der Waals surface area contributed by atoms with E-state index in [1.807, 2.05) is 17.0 Å². The third-order valence-corrected chi connectivity index (χ3v) is 3.86. The Morgan fingerprint density at radius 1 is 1.56 bits per heavy atom. The molecule has 18 heavy (non-hydrogen) atoms. The van der Waals surface area contributed by atoms with E-state index >= 15 is 0 Å². The van der Waals surface area contributed by atoms with Crippen molar-refractivity contribution in [1.82, 2.24) is 9.88 Å². The van der Waals surface area contributed by atoms with Crippen LogP contribution < -0.4 is 0 Å². The molecule has 1 fully saturated rings. The lowest BCUT2D eigenvalue weighted by Gasteiger charge is -2.36. The van der Waals surface area contributed by atoms with Gasteiger partial charge in [0, 0.05) is 20.2 Å². The van der Waals surface area contributed by atoms with Crippen molar-refractivity contribution in [1.29, 1.82) is 0 Å². The van der Waals surface area contributed by atoms with Crippen LogP contribution in [0.15, 0.2) is 22.8 Å². The van der Waals surface area contributed by atoms with Crippen molar-refractivity contribution in [3.8, 4) is 0 Å². The first-order valence-electron chi connectivity index (χ1n) is 6.06. The Labute approximate surface area is 115 Å². The van der Waals surface area contributed by atoms with Crippen LogP contribution in [0.3, 0.4) is 0 Å². The van der Waals surface area contributed by atoms with E-state index in [2.05, 4.69) is 27.8 Å². The quantitative estimate of drug-likeness (QED) is 0.787. The number of hydrogen-bond acceptors (Lipinski definition) is 3. The topological polar surface area (TPSA) is 42.4 Å². The van der Waals surface area contributed by atoms with Gasteiger partial charge in [0.15, 0.2) is 0 Å². The van der Waals surface area contributed by atoms with Gasteiger partial charge in [-0.15, -0.1) is 0 Å². The van der Waals surface area contributed by atoms with Gasteiger partial charge >= 0.3 is 0 Å². The van der Waals surface area contributed by atoms with Crippen LogP contribution in [0.2, 0.25) is 0 Å². The van der Waals surface area contributed by atoms with E-state index in [9.17, 15) is 4.79 Å². The Balaban J connectivity index is 2.10. The number of ether oxygens (including phenoxy) is 1. The second kappa shape index (κ2) is 5.80. The fourth-order valence-electron chi connectivity index (χ4n) is 2.21. The first kappa shape index (κ1) is 13.5. The summed E-state index contributed by atoms with van der Waals surface area (Å²) in [5, 5.41) is 0. The van der Waals surface area contributed by atoms with E-state index in [1.165, 1.54) is 0 Å². The molecule has 2 atom stereocenters. The van der Waals surface area contributed by atoms with Crippen LogP contribution in [0.5, 0.6) is 0 Å². The summed E-state index contributed by atoms with van der Waals surface area (Å²) < 4.78 is 6.10. The van der Waals surface area contributed by atoms with Gasteiger partial charge in [0.1, 0.15) is 10.3 Å². The molecular weight excluding hydrogens is 296 g/mol. The highest BCUT2D eigenvalue weighted by Crippen LogP contribution is 2.21. The normalized spacial score (nSPS) is 24.1. The maximum atomic E-state index is 12.3.